The second-order valence-electron chi connectivity index (χ2n) is 7.64. The van der Waals surface area contributed by atoms with Crippen LogP contribution in [0.5, 0.6) is 0 Å². The number of carboxylic acid groups (broad SMARTS) is 1. The van der Waals surface area contributed by atoms with Gasteiger partial charge in [-0.3, -0.25) is 9.59 Å². The summed E-state index contributed by atoms with van der Waals surface area (Å²) in [5.74, 6) is -2.57. The Morgan fingerprint density at radius 1 is 1.22 bits per heavy atom. The summed E-state index contributed by atoms with van der Waals surface area (Å²) in [6, 6.07) is 4.26. The van der Waals surface area contributed by atoms with Gasteiger partial charge in [0.25, 0.3) is 0 Å². The molecule has 0 aliphatic carbocycles. The summed E-state index contributed by atoms with van der Waals surface area (Å²) in [7, 11) is -3.52. The molecule has 32 heavy (non-hydrogen) atoms. The van der Waals surface area contributed by atoms with Crippen LogP contribution in [0.3, 0.4) is 0 Å². The second kappa shape index (κ2) is 8.60. The minimum Gasteiger partial charge on any atom is -0.480 e. The van der Waals surface area contributed by atoms with Gasteiger partial charge in [-0.05, 0) is 19.4 Å². The van der Waals surface area contributed by atoms with Crippen molar-refractivity contribution in [3.8, 4) is 0 Å². The second-order valence-corrected chi connectivity index (χ2v) is 10.9. The van der Waals surface area contributed by atoms with Gasteiger partial charge in [-0.1, -0.05) is 30.3 Å². The van der Waals surface area contributed by atoms with Crippen molar-refractivity contribution in [2.45, 2.75) is 42.1 Å². The lowest BCUT2D eigenvalue weighted by Crippen LogP contribution is -2.71. The molecule has 4 N–H and O–H groups in total. The zero-order chi connectivity index (χ0) is 23.8. The normalized spacial score (nSPS) is 24.7. The number of rotatable bonds is 7. The molecule has 12 nitrogen and oxygen atoms in total. The Balaban J connectivity index is 1.80. The smallest absolute Gasteiger partial charge is 0.421 e. The molecule has 2 saturated heterocycles. The van der Waals surface area contributed by atoms with Crippen LogP contribution in [0.2, 0.25) is 0 Å². The van der Waals surface area contributed by atoms with Crippen LogP contribution >= 0.6 is 11.8 Å². The number of aliphatic carboxylic acids is 1. The number of β-lactam (4-membered cyclic amide) rings is 1. The summed E-state index contributed by atoms with van der Waals surface area (Å²) in [6.07, 6.45) is -1.25. The number of fused-ring (bicyclic) bond motifs is 1. The fourth-order valence-corrected chi connectivity index (χ4v) is 6.18. The van der Waals surface area contributed by atoms with Gasteiger partial charge in [0.15, 0.2) is 0 Å². The zero-order valence-corrected chi connectivity index (χ0v) is 18.9. The number of methoxy groups -OCH3 is 1. The monoisotopic (exact) mass is 486 g/mol. The highest BCUT2D eigenvalue weighted by Gasteiger charge is 2.64. The molecule has 0 saturated carbocycles. The van der Waals surface area contributed by atoms with Crippen molar-refractivity contribution in [3.05, 3.63) is 35.9 Å². The first kappa shape index (κ1) is 23.8. The summed E-state index contributed by atoms with van der Waals surface area (Å²) in [4.78, 5) is 49.8. The Kier molecular flexibility index (Phi) is 6.40. The van der Waals surface area contributed by atoms with Crippen molar-refractivity contribution in [1.82, 2.24) is 19.7 Å². The van der Waals surface area contributed by atoms with E-state index >= 15 is 0 Å². The van der Waals surface area contributed by atoms with E-state index in [1.165, 1.54) is 28.8 Å². The average molecular weight is 487 g/mol. The van der Waals surface area contributed by atoms with E-state index in [0.717, 1.165) is 7.11 Å². The van der Waals surface area contributed by atoms with Gasteiger partial charge < -0.3 is 20.1 Å². The summed E-state index contributed by atoms with van der Waals surface area (Å²) in [5, 5.41) is 11.4. The van der Waals surface area contributed by atoms with Crippen LogP contribution in [0.4, 0.5) is 4.79 Å². The van der Waals surface area contributed by atoms with Crippen molar-refractivity contribution >= 4 is 45.8 Å². The molecule has 0 bridgehead atoms. The van der Waals surface area contributed by atoms with Crippen LogP contribution in [0.25, 0.3) is 0 Å². The molecule has 2 heterocycles. The maximum Gasteiger partial charge on any atom is 0.421 e. The summed E-state index contributed by atoms with van der Waals surface area (Å²) >= 11 is 1.24. The Bertz CT molecular complexity index is 1050. The quantitative estimate of drug-likeness (QED) is 0.373. The topological polar surface area (TPSA) is 171 Å². The van der Waals surface area contributed by atoms with Gasteiger partial charge in [0.1, 0.15) is 23.5 Å². The number of hydrogen-bond acceptors (Lipinski definition) is 8. The molecular weight excluding hydrogens is 464 g/mol. The van der Waals surface area contributed by atoms with Gasteiger partial charge in [0.05, 0.1) is 7.11 Å². The van der Waals surface area contributed by atoms with Crippen molar-refractivity contribution in [3.63, 3.8) is 0 Å². The first-order chi connectivity index (χ1) is 14.9. The molecular formula is C18H22N4O8S2. The van der Waals surface area contributed by atoms with E-state index in [0.29, 0.717) is 0 Å². The predicted molar refractivity (Wildman–Crippen MR) is 112 cm³/mol. The van der Waals surface area contributed by atoms with Crippen molar-refractivity contribution in [1.29, 1.82) is 0 Å². The Morgan fingerprint density at radius 2 is 1.84 bits per heavy atom. The highest BCUT2D eigenvalue weighted by Crippen LogP contribution is 2.50. The van der Waals surface area contributed by atoms with E-state index in [4.69, 9.17) is 0 Å². The minimum absolute atomic E-state index is 0.256. The van der Waals surface area contributed by atoms with E-state index in [1.54, 1.807) is 36.8 Å². The number of carboxylic acids is 1. The van der Waals surface area contributed by atoms with Crippen molar-refractivity contribution < 1.29 is 37.4 Å². The molecule has 174 valence electrons. The van der Waals surface area contributed by atoms with Crippen LogP contribution in [-0.4, -0.2) is 71.6 Å². The SMILES string of the molecule is COC(=O)NS(=O)(=O)NC(C(=O)N[C@@H]1C(=O)N2[C@@H]1SC(C)(C)[C@@H]2C(=O)O)c1ccccc1. The first-order valence-corrected chi connectivity index (χ1v) is 11.7. The molecule has 1 unspecified atom stereocenters. The fraction of sp³-hybridized carbons (Fsp3) is 0.444. The van der Waals surface area contributed by atoms with Crippen LogP contribution in [0.1, 0.15) is 25.5 Å². The standard InChI is InChI=1S/C18H22N4O8S2/c1-18(2)12(16(25)26)22-14(24)11(15(22)31-18)19-13(23)10(9-7-5-4-6-8-9)20-32(28,29)21-17(27)30-3/h4-8,10-12,15,20H,1-3H3,(H,19,23)(H,21,27)(H,25,26)/t10?,11-,12+,15-/m1/s1. The van der Waals surface area contributed by atoms with Crippen LogP contribution in [0, 0.1) is 0 Å². The zero-order valence-electron chi connectivity index (χ0n) is 17.3. The Morgan fingerprint density at radius 3 is 2.41 bits per heavy atom. The molecule has 1 aromatic carbocycles. The van der Waals surface area contributed by atoms with Gasteiger partial charge in [-0.15, -0.1) is 11.8 Å². The largest absolute Gasteiger partial charge is 0.480 e. The number of nitrogens with one attached hydrogen (secondary N) is 3. The average Bonchev–Trinajstić information content (AvgIpc) is 2.98. The van der Waals surface area contributed by atoms with E-state index in [1.807, 2.05) is 0 Å². The van der Waals surface area contributed by atoms with E-state index in [9.17, 15) is 32.7 Å². The molecule has 0 spiro atoms. The maximum atomic E-state index is 13.0. The third kappa shape index (κ3) is 4.52. The number of carbonyl (C=O) groups excluding carboxylic acids is 3. The molecule has 2 aliphatic rings. The number of carbonyl (C=O) groups is 4. The highest BCUT2D eigenvalue weighted by atomic mass is 32.2. The lowest BCUT2D eigenvalue weighted by atomic mass is 9.95. The first-order valence-electron chi connectivity index (χ1n) is 9.34. The van der Waals surface area contributed by atoms with Gasteiger partial charge in [-0.25, -0.2) is 14.3 Å². The number of hydrogen-bond donors (Lipinski definition) is 4. The highest BCUT2D eigenvalue weighted by molar-refractivity contribution is 8.01. The molecule has 3 amide bonds. The molecule has 2 fully saturated rings. The number of thioether (sulfide) groups is 1. The van der Waals surface area contributed by atoms with E-state index in [2.05, 4.69) is 14.8 Å². The number of amides is 3. The van der Waals surface area contributed by atoms with E-state index in [-0.39, 0.29) is 5.56 Å². The lowest BCUT2D eigenvalue weighted by Gasteiger charge is -2.44. The van der Waals surface area contributed by atoms with Crippen LogP contribution in [-0.2, 0) is 29.3 Å². The van der Waals surface area contributed by atoms with Crippen molar-refractivity contribution in [2.75, 3.05) is 7.11 Å². The Labute approximate surface area is 188 Å². The molecule has 2 aliphatic heterocycles. The maximum absolute atomic E-state index is 13.0. The molecule has 4 atom stereocenters. The molecule has 0 radical (unpaired) electrons. The lowest BCUT2D eigenvalue weighted by molar-refractivity contribution is -0.161. The molecule has 0 aromatic heterocycles. The third-order valence-corrected chi connectivity index (χ3v) is 7.60. The summed E-state index contributed by atoms with van der Waals surface area (Å²) in [6.45, 7) is 3.39. The Hall–Kier alpha value is -2.84. The summed E-state index contributed by atoms with van der Waals surface area (Å²) < 4.78 is 31.7. The number of ether oxygens (including phenoxy) is 1. The molecule has 1 aromatic rings. The van der Waals surface area contributed by atoms with Gasteiger partial charge in [-0.2, -0.15) is 13.1 Å². The minimum atomic E-state index is -4.49. The van der Waals surface area contributed by atoms with Gasteiger partial charge in [0.2, 0.25) is 11.8 Å². The van der Waals surface area contributed by atoms with Crippen LogP contribution < -0.4 is 14.8 Å². The number of benzene rings is 1. The number of nitrogens with zero attached hydrogens (tertiary/aromatic N) is 1. The van der Waals surface area contributed by atoms with Gasteiger partial charge >= 0.3 is 22.3 Å². The van der Waals surface area contributed by atoms with Gasteiger partial charge in [0, 0.05) is 4.75 Å². The molecule has 3 rings (SSSR count). The molecule has 14 heteroatoms. The van der Waals surface area contributed by atoms with Crippen molar-refractivity contribution in [2.24, 2.45) is 0 Å². The predicted octanol–water partition coefficient (Wildman–Crippen LogP) is -0.450. The summed E-state index contributed by atoms with van der Waals surface area (Å²) in [5.41, 5.74) is 0.256. The van der Waals surface area contributed by atoms with Crippen LogP contribution in [0.15, 0.2) is 30.3 Å². The fourth-order valence-electron chi connectivity index (χ4n) is 3.64. The van der Waals surface area contributed by atoms with E-state index < -0.39 is 62.3 Å². The third-order valence-electron chi connectivity index (χ3n) is 5.04.